The predicted molar refractivity (Wildman–Crippen MR) is 235 cm³/mol. The van der Waals surface area contributed by atoms with Crippen LogP contribution in [0.4, 0.5) is 0 Å². The van der Waals surface area contributed by atoms with E-state index in [9.17, 15) is 0 Å². The number of fused-ring (bicyclic) bond motifs is 11. The molecule has 2 aromatic heterocycles. The normalized spacial score (nSPS) is 17.5. The van der Waals surface area contributed by atoms with Crippen LogP contribution in [0.25, 0.3) is 80.7 Å². The standard InChI is InChI=1S/C53H35NS/c1-2-14-33(15-3-1)35-18-12-19-37(30-35)50-41-23-7-6-21-39(41)45-31-36(28-29-42(45)50)44-32-46-40-22-8-10-25-48(40)54(47-26-13-17-34-16-4-5-20-38(34)47)52(46)51-43-24-9-11-27-49(43)55-53(44)51/h1-32,39,41,50H. The summed E-state index contributed by atoms with van der Waals surface area (Å²) in [5.41, 5.74) is 13.2. The first kappa shape index (κ1) is 30.9. The molecular weight excluding hydrogens is 683 g/mol. The fourth-order valence-electron chi connectivity index (χ4n) is 9.92. The van der Waals surface area contributed by atoms with Crippen LogP contribution in [0.5, 0.6) is 0 Å². The van der Waals surface area contributed by atoms with E-state index in [1.165, 1.54) is 97.4 Å². The van der Waals surface area contributed by atoms with Gasteiger partial charge in [-0.2, -0.15) is 0 Å². The third-order valence-corrected chi connectivity index (χ3v) is 13.5. The Morgan fingerprint density at radius 2 is 1.24 bits per heavy atom. The van der Waals surface area contributed by atoms with Gasteiger partial charge in [0.2, 0.25) is 0 Å². The molecular formula is C53H35NS. The van der Waals surface area contributed by atoms with Gasteiger partial charge in [0.25, 0.3) is 0 Å². The third kappa shape index (κ3) is 4.59. The van der Waals surface area contributed by atoms with Gasteiger partial charge in [-0.25, -0.2) is 0 Å². The van der Waals surface area contributed by atoms with Crippen molar-refractivity contribution in [1.82, 2.24) is 4.57 Å². The molecule has 55 heavy (non-hydrogen) atoms. The molecule has 0 N–H and O–H groups in total. The third-order valence-electron chi connectivity index (χ3n) is 12.3. The number of rotatable bonds is 4. The van der Waals surface area contributed by atoms with E-state index >= 15 is 0 Å². The van der Waals surface area contributed by atoms with Crippen LogP contribution >= 0.6 is 11.3 Å². The topological polar surface area (TPSA) is 4.93 Å². The maximum absolute atomic E-state index is 2.54. The summed E-state index contributed by atoms with van der Waals surface area (Å²) in [5, 5.41) is 7.75. The number of para-hydroxylation sites is 1. The predicted octanol–water partition coefficient (Wildman–Crippen LogP) is 14.6. The first-order valence-electron chi connectivity index (χ1n) is 19.3. The van der Waals surface area contributed by atoms with E-state index in [2.05, 4.69) is 199 Å². The highest BCUT2D eigenvalue weighted by molar-refractivity contribution is 7.26. The second kappa shape index (κ2) is 12.0. The molecule has 0 bridgehead atoms. The molecule has 0 amide bonds. The zero-order valence-corrected chi connectivity index (χ0v) is 30.9. The van der Waals surface area contributed by atoms with Gasteiger partial charge in [-0.15, -0.1) is 11.3 Å². The number of allylic oxidation sites excluding steroid dienone is 4. The van der Waals surface area contributed by atoms with Crippen molar-refractivity contribution in [2.24, 2.45) is 5.92 Å². The number of benzene rings is 8. The highest BCUT2D eigenvalue weighted by atomic mass is 32.1. The maximum Gasteiger partial charge on any atom is 0.0634 e. The minimum Gasteiger partial charge on any atom is -0.308 e. The number of hydrogen-bond donors (Lipinski definition) is 0. The highest BCUT2D eigenvalue weighted by Gasteiger charge is 2.40. The Morgan fingerprint density at radius 1 is 0.491 bits per heavy atom. The summed E-state index contributed by atoms with van der Waals surface area (Å²) in [6.07, 6.45) is 9.38. The first-order valence-corrected chi connectivity index (χ1v) is 20.1. The molecule has 2 aliphatic carbocycles. The van der Waals surface area contributed by atoms with Gasteiger partial charge in [-0.05, 0) is 69.0 Å². The van der Waals surface area contributed by atoms with Crippen molar-refractivity contribution in [3.8, 4) is 27.9 Å². The van der Waals surface area contributed by atoms with Gasteiger partial charge in [0, 0.05) is 53.7 Å². The van der Waals surface area contributed by atoms with Gasteiger partial charge < -0.3 is 4.57 Å². The molecule has 0 radical (unpaired) electrons. The fourth-order valence-corrected chi connectivity index (χ4v) is 11.2. The average Bonchev–Trinajstić information content (AvgIpc) is 3.91. The summed E-state index contributed by atoms with van der Waals surface area (Å²) in [4.78, 5) is 0. The van der Waals surface area contributed by atoms with Gasteiger partial charge in [0.15, 0.2) is 0 Å². The molecule has 258 valence electrons. The quantitative estimate of drug-likeness (QED) is 0.171. The number of aromatic nitrogens is 1. The van der Waals surface area contributed by atoms with Crippen LogP contribution in [0.2, 0.25) is 0 Å². The summed E-state index contributed by atoms with van der Waals surface area (Å²) >= 11 is 1.93. The summed E-state index contributed by atoms with van der Waals surface area (Å²) in [7, 11) is 0. The molecule has 2 heterocycles. The van der Waals surface area contributed by atoms with E-state index in [1.807, 2.05) is 11.3 Å². The van der Waals surface area contributed by atoms with Crippen molar-refractivity contribution in [3.63, 3.8) is 0 Å². The largest absolute Gasteiger partial charge is 0.308 e. The van der Waals surface area contributed by atoms with Crippen LogP contribution < -0.4 is 0 Å². The molecule has 2 aliphatic rings. The van der Waals surface area contributed by atoms with Crippen molar-refractivity contribution in [3.05, 3.63) is 211 Å². The molecule has 2 heteroatoms. The van der Waals surface area contributed by atoms with E-state index in [4.69, 9.17) is 0 Å². The Kier molecular flexibility index (Phi) is 6.76. The Bertz CT molecular complexity index is 3220. The molecule has 1 nitrogen and oxygen atoms in total. The lowest BCUT2D eigenvalue weighted by molar-refractivity contribution is 0.567. The smallest absolute Gasteiger partial charge is 0.0634 e. The van der Waals surface area contributed by atoms with Gasteiger partial charge in [0.05, 0.1) is 16.7 Å². The van der Waals surface area contributed by atoms with Crippen LogP contribution in [0.1, 0.15) is 28.5 Å². The first-order chi connectivity index (χ1) is 27.3. The number of hydrogen-bond acceptors (Lipinski definition) is 1. The van der Waals surface area contributed by atoms with Gasteiger partial charge in [0.1, 0.15) is 0 Å². The van der Waals surface area contributed by atoms with E-state index < -0.39 is 0 Å². The van der Waals surface area contributed by atoms with Crippen LogP contribution in [0, 0.1) is 5.92 Å². The monoisotopic (exact) mass is 717 g/mol. The molecule has 0 spiro atoms. The summed E-state index contributed by atoms with van der Waals surface area (Å²) < 4.78 is 5.21. The van der Waals surface area contributed by atoms with E-state index in [0.29, 0.717) is 17.8 Å². The van der Waals surface area contributed by atoms with Gasteiger partial charge in [-0.1, -0.05) is 170 Å². The Morgan fingerprint density at radius 3 is 2.16 bits per heavy atom. The van der Waals surface area contributed by atoms with Crippen molar-refractivity contribution in [2.75, 3.05) is 0 Å². The second-order valence-electron chi connectivity index (χ2n) is 15.2. The molecule has 0 saturated heterocycles. The highest BCUT2D eigenvalue weighted by Crippen LogP contribution is 2.54. The van der Waals surface area contributed by atoms with Crippen LogP contribution in [-0.2, 0) is 0 Å². The van der Waals surface area contributed by atoms with Crippen LogP contribution in [0.3, 0.4) is 0 Å². The van der Waals surface area contributed by atoms with Crippen molar-refractivity contribution >= 4 is 64.1 Å². The maximum atomic E-state index is 2.54. The van der Waals surface area contributed by atoms with Gasteiger partial charge in [-0.3, -0.25) is 0 Å². The van der Waals surface area contributed by atoms with Crippen LogP contribution in [0.15, 0.2) is 194 Å². The van der Waals surface area contributed by atoms with Crippen molar-refractivity contribution < 1.29 is 0 Å². The summed E-state index contributed by atoms with van der Waals surface area (Å²) in [6, 6.07) is 63.4. The minimum atomic E-state index is 0.296. The van der Waals surface area contributed by atoms with E-state index in [1.54, 1.807) is 0 Å². The lowest BCUT2D eigenvalue weighted by Gasteiger charge is -2.23. The summed E-state index contributed by atoms with van der Waals surface area (Å²) in [5.74, 6) is 1.01. The Balaban J connectivity index is 1.11. The van der Waals surface area contributed by atoms with Crippen molar-refractivity contribution in [1.29, 1.82) is 0 Å². The molecule has 3 unspecified atom stereocenters. The fraction of sp³-hybridized carbons (Fsp3) is 0.0566. The van der Waals surface area contributed by atoms with E-state index in [0.717, 1.165) is 0 Å². The molecule has 0 saturated carbocycles. The van der Waals surface area contributed by atoms with Crippen molar-refractivity contribution in [2.45, 2.75) is 11.8 Å². The Hall–Kier alpha value is -6.48. The Labute approximate surface area is 323 Å². The lowest BCUT2D eigenvalue weighted by Crippen LogP contribution is -2.11. The average molecular weight is 718 g/mol. The number of thiophene rings is 1. The molecule has 0 fully saturated rings. The lowest BCUT2D eigenvalue weighted by atomic mass is 9.80. The second-order valence-corrected chi connectivity index (χ2v) is 16.2. The zero-order chi connectivity index (χ0) is 36.0. The molecule has 10 aromatic rings. The summed E-state index contributed by atoms with van der Waals surface area (Å²) in [6.45, 7) is 0. The zero-order valence-electron chi connectivity index (χ0n) is 30.1. The van der Waals surface area contributed by atoms with E-state index in [-0.39, 0.29) is 0 Å². The molecule has 12 rings (SSSR count). The van der Waals surface area contributed by atoms with Gasteiger partial charge >= 0.3 is 0 Å². The molecule has 0 aliphatic heterocycles. The number of nitrogens with zero attached hydrogens (tertiary/aromatic N) is 1. The minimum absolute atomic E-state index is 0.296. The molecule has 8 aromatic carbocycles. The SMILES string of the molecule is C1=CC2c3cc(-c4cc5c6ccccc6n(-c6cccc7ccccc67)c5c5c4sc4ccccc45)ccc3C(c3cccc(-c4ccccc4)c3)C2C=C1. The molecule has 3 atom stereocenters. The van der Waals surface area contributed by atoms with Crippen LogP contribution in [-0.4, -0.2) is 4.57 Å².